The summed E-state index contributed by atoms with van der Waals surface area (Å²) in [4.78, 5) is 15.0. The van der Waals surface area contributed by atoms with Gasteiger partial charge in [-0.1, -0.05) is 30.1 Å². The molecule has 4 nitrogen and oxygen atoms in total. The molecule has 0 radical (unpaired) electrons. The zero-order valence-electron chi connectivity index (χ0n) is 15.0. The van der Waals surface area contributed by atoms with Crippen LogP contribution in [0, 0.1) is 12.8 Å². The Morgan fingerprint density at radius 3 is 2.54 bits per heavy atom. The first kappa shape index (κ1) is 18.9. The minimum Gasteiger partial charge on any atom is -0.397 e. The van der Waals surface area contributed by atoms with E-state index in [9.17, 15) is 4.79 Å². The van der Waals surface area contributed by atoms with E-state index < -0.39 is 0 Å². The van der Waals surface area contributed by atoms with Gasteiger partial charge in [-0.2, -0.15) is 0 Å². The number of aryl methyl sites for hydroxylation is 1. The van der Waals surface area contributed by atoms with E-state index in [0.29, 0.717) is 27.0 Å². The summed E-state index contributed by atoms with van der Waals surface area (Å²) < 4.78 is 0. The number of nitrogens with one attached hydrogen (secondary N) is 1. The fourth-order valence-corrected chi connectivity index (χ4v) is 3.77. The molecular formula is C20H23Cl2N3O. The van der Waals surface area contributed by atoms with Crippen molar-refractivity contribution in [2.45, 2.75) is 26.7 Å². The minimum absolute atomic E-state index is 0.305. The van der Waals surface area contributed by atoms with Crippen LogP contribution in [-0.4, -0.2) is 19.0 Å². The molecule has 0 atom stereocenters. The number of anilines is 3. The van der Waals surface area contributed by atoms with Crippen molar-refractivity contribution in [1.29, 1.82) is 0 Å². The maximum atomic E-state index is 12.6. The van der Waals surface area contributed by atoms with Crippen molar-refractivity contribution in [2.24, 2.45) is 5.92 Å². The highest BCUT2D eigenvalue weighted by Gasteiger charge is 2.19. The van der Waals surface area contributed by atoms with Gasteiger partial charge in [-0.3, -0.25) is 4.79 Å². The summed E-state index contributed by atoms with van der Waals surface area (Å²) >= 11 is 12.0. The van der Waals surface area contributed by atoms with Crippen molar-refractivity contribution in [3.63, 3.8) is 0 Å². The molecular weight excluding hydrogens is 369 g/mol. The van der Waals surface area contributed by atoms with Crippen LogP contribution in [0.5, 0.6) is 0 Å². The Morgan fingerprint density at radius 2 is 1.88 bits per heavy atom. The van der Waals surface area contributed by atoms with Crippen LogP contribution in [0.15, 0.2) is 30.3 Å². The summed E-state index contributed by atoms with van der Waals surface area (Å²) in [5.74, 6) is 0.451. The standard InChI is InChI=1S/C20H23Cl2N3O/c1-12-5-7-25(8-6-12)19-11-18(17(23)9-13(19)2)24-20(26)15-4-3-14(21)10-16(15)22/h3-4,9-12H,5-8,23H2,1-2H3,(H,24,26). The highest BCUT2D eigenvalue weighted by atomic mass is 35.5. The smallest absolute Gasteiger partial charge is 0.257 e. The van der Waals surface area contributed by atoms with Gasteiger partial charge in [0.25, 0.3) is 5.91 Å². The first-order chi connectivity index (χ1) is 12.3. The van der Waals surface area contributed by atoms with Crippen LogP contribution in [0.4, 0.5) is 17.1 Å². The molecule has 3 N–H and O–H groups in total. The van der Waals surface area contributed by atoms with Crippen molar-refractivity contribution < 1.29 is 4.79 Å². The molecule has 0 spiro atoms. The van der Waals surface area contributed by atoms with Crippen LogP contribution in [-0.2, 0) is 0 Å². The lowest BCUT2D eigenvalue weighted by Crippen LogP contribution is -2.33. The molecule has 2 aromatic carbocycles. The number of hydrogen-bond acceptors (Lipinski definition) is 3. The van der Waals surface area contributed by atoms with Gasteiger partial charge in [-0.05, 0) is 61.6 Å². The summed E-state index contributed by atoms with van der Waals surface area (Å²) in [6.45, 7) is 6.37. The Bertz CT molecular complexity index is 830. The van der Waals surface area contributed by atoms with Gasteiger partial charge in [0, 0.05) is 23.8 Å². The number of nitrogens with two attached hydrogens (primary N) is 1. The van der Waals surface area contributed by atoms with Crippen molar-refractivity contribution in [1.82, 2.24) is 0 Å². The number of carbonyl (C=O) groups is 1. The molecule has 1 aliphatic heterocycles. The summed E-state index contributed by atoms with van der Waals surface area (Å²) in [7, 11) is 0. The van der Waals surface area contributed by atoms with Crippen LogP contribution in [0.2, 0.25) is 10.0 Å². The van der Waals surface area contributed by atoms with Crippen LogP contribution >= 0.6 is 23.2 Å². The SMILES string of the molecule is Cc1cc(N)c(NC(=O)c2ccc(Cl)cc2Cl)cc1N1CCC(C)CC1. The van der Waals surface area contributed by atoms with Gasteiger partial charge in [0.2, 0.25) is 0 Å². The number of piperidine rings is 1. The second kappa shape index (κ2) is 7.77. The van der Waals surface area contributed by atoms with Gasteiger partial charge >= 0.3 is 0 Å². The van der Waals surface area contributed by atoms with Gasteiger partial charge in [0.1, 0.15) is 0 Å². The molecule has 1 heterocycles. The highest BCUT2D eigenvalue weighted by molar-refractivity contribution is 6.37. The van der Waals surface area contributed by atoms with E-state index >= 15 is 0 Å². The fourth-order valence-electron chi connectivity index (χ4n) is 3.28. The van der Waals surface area contributed by atoms with Crippen molar-refractivity contribution in [3.8, 4) is 0 Å². The average molecular weight is 392 g/mol. The highest BCUT2D eigenvalue weighted by Crippen LogP contribution is 2.33. The normalized spacial score (nSPS) is 15.2. The van der Waals surface area contributed by atoms with E-state index in [4.69, 9.17) is 28.9 Å². The molecule has 3 rings (SSSR count). The molecule has 1 aliphatic rings. The van der Waals surface area contributed by atoms with Crippen molar-refractivity contribution >= 4 is 46.2 Å². The van der Waals surface area contributed by atoms with E-state index in [1.165, 1.54) is 12.8 Å². The number of rotatable bonds is 3. The third-order valence-electron chi connectivity index (χ3n) is 4.92. The van der Waals surface area contributed by atoms with E-state index in [0.717, 1.165) is 30.3 Å². The van der Waals surface area contributed by atoms with Crippen molar-refractivity contribution in [2.75, 3.05) is 29.0 Å². The zero-order chi connectivity index (χ0) is 18.8. The summed E-state index contributed by atoms with van der Waals surface area (Å²) in [6, 6.07) is 8.67. The number of halogens is 2. The molecule has 1 amide bonds. The zero-order valence-corrected chi connectivity index (χ0v) is 16.5. The summed E-state index contributed by atoms with van der Waals surface area (Å²) in [5, 5.41) is 3.68. The Kier molecular flexibility index (Phi) is 5.64. The first-order valence-electron chi connectivity index (χ1n) is 8.76. The van der Waals surface area contributed by atoms with Crippen LogP contribution in [0.3, 0.4) is 0 Å². The van der Waals surface area contributed by atoms with Gasteiger partial charge in [0.05, 0.1) is 22.0 Å². The number of benzene rings is 2. The van der Waals surface area contributed by atoms with E-state index in [1.54, 1.807) is 18.2 Å². The molecule has 0 saturated carbocycles. The number of nitrogens with zero attached hydrogens (tertiary/aromatic N) is 1. The number of nitrogen functional groups attached to an aromatic ring is 1. The Labute approximate surface area is 164 Å². The van der Waals surface area contributed by atoms with E-state index in [-0.39, 0.29) is 5.91 Å². The van der Waals surface area contributed by atoms with Crippen LogP contribution < -0.4 is 16.0 Å². The average Bonchev–Trinajstić information content (AvgIpc) is 2.58. The topological polar surface area (TPSA) is 58.4 Å². The molecule has 0 bridgehead atoms. The quantitative estimate of drug-likeness (QED) is 0.691. The molecule has 0 aromatic heterocycles. The largest absolute Gasteiger partial charge is 0.397 e. The monoisotopic (exact) mass is 391 g/mol. The number of hydrogen-bond donors (Lipinski definition) is 2. The molecule has 6 heteroatoms. The fraction of sp³-hybridized carbons (Fsp3) is 0.350. The minimum atomic E-state index is -0.305. The molecule has 0 unspecified atom stereocenters. The summed E-state index contributed by atoms with van der Waals surface area (Å²) in [5.41, 5.74) is 9.87. The van der Waals surface area contributed by atoms with E-state index in [2.05, 4.69) is 17.1 Å². The molecule has 138 valence electrons. The second-order valence-electron chi connectivity index (χ2n) is 6.97. The van der Waals surface area contributed by atoms with E-state index in [1.807, 2.05) is 19.1 Å². The van der Waals surface area contributed by atoms with Gasteiger partial charge in [-0.15, -0.1) is 0 Å². The van der Waals surface area contributed by atoms with Gasteiger partial charge < -0.3 is 16.0 Å². The molecule has 0 aliphatic carbocycles. The number of amides is 1. The third kappa shape index (κ3) is 4.08. The molecule has 26 heavy (non-hydrogen) atoms. The lowest BCUT2D eigenvalue weighted by molar-refractivity contribution is 0.102. The van der Waals surface area contributed by atoms with Crippen LogP contribution in [0.1, 0.15) is 35.7 Å². The maximum Gasteiger partial charge on any atom is 0.257 e. The predicted octanol–water partition coefficient (Wildman–Crippen LogP) is 5.37. The third-order valence-corrected chi connectivity index (χ3v) is 5.46. The number of carbonyl (C=O) groups excluding carboxylic acids is 1. The van der Waals surface area contributed by atoms with Crippen LogP contribution in [0.25, 0.3) is 0 Å². The Balaban J connectivity index is 1.85. The maximum absolute atomic E-state index is 12.6. The van der Waals surface area contributed by atoms with Gasteiger partial charge in [-0.25, -0.2) is 0 Å². The molecule has 1 fully saturated rings. The predicted molar refractivity (Wildman–Crippen MR) is 111 cm³/mol. The van der Waals surface area contributed by atoms with Crippen molar-refractivity contribution in [3.05, 3.63) is 51.5 Å². The Morgan fingerprint density at radius 1 is 1.19 bits per heavy atom. The second-order valence-corrected chi connectivity index (χ2v) is 7.82. The molecule has 1 saturated heterocycles. The van der Waals surface area contributed by atoms with Gasteiger partial charge in [0.15, 0.2) is 0 Å². The summed E-state index contributed by atoms with van der Waals surface area (Å²) in [6.07, 6.45) is 2.35. The first-order valence-corrected chi connectivity index (χ1v) is 9.52. The molecule has 2 aromatic rings. The lowest BCUT2D eigenvalue weighted by atomic mass is 9.98. The lowest BCUT2D eigenvalue weighted by Gasteiger charge is -2.33. The Hall–Kier alpha value is -1.91.